The number of rotatable bonds is 9. The van der Waals surface area contributed by atoms with Crippen molar-refractivity contribution in [3.05, 3.63) is 53.5 Å². The molecular weight excluding hydrogens is 403 g/mol. The lowest BCUT2D eigenvalue weighted by molar-refractivity contribution is -0.136. The maximum Gasteiger partial charge on any atom is 0.278 e. The average molecular weight is 428 g/mol. The van der Waals surface area contributed by atoms with Gasteiger partial charge in [-0.25, -0.2) is 4.39 Å². The standard InChI is InChI=1S/C23H25FN2O5/c1-5-6-11-26-22(27)19(14-7-9-15(24)10-8-14)20(23(26)28)25-16-12-17(29-2)21(31-4)18(13-16)30-3/h7-10,12-13,25H,5-6,11H2,1-4H3. The Labute approximate surface area is 180 Å². The number of benzene rings is 2. The van der Waals surface area contributed by atoms with Crippen LogP contribution in [0.3, 0.4) is 0 Å². The van der Waals surface area contributed by atoms with Gasteiger partial charge in [-0.05, 0) is 24.1 Å². The van der Waals surface area contributed by atoms with E-state index in [1.165, 1.54) is 50.5 Å². The average Bonchev–Trinajstić information content (AvgIpc) is 3.01. The second-order valence-corrected chi connectivity index (χ2v) is 6.91. The van der Waals surface area contributed by atoms with Gasteiger partial charge in [-0.15, -0.1) is 0 Å². The normalized spacial score (nSPS) is 13.6. The number of hydrogen-bond acceptors (Lipinski definition) is 6. The Morgan fingerprint density at radius 3 is 2.06 bits per heavy atom. The van der Waals surface area contributed by atoms with Crippen LogP contribution in [0.5, 0.6) is 17.2 Å². The molecule has 2 aromatic carbocycles. The Balaban J connectivity index is 2.09. The maximum atomic E-state index is 13.4. The van der Waals surface area contributed by atoms with E-state index in [2.05, 4.69) is 5.32 Å². The molecule has 0 radical (unpaired) electrons. The molecule has 7 nitrogen and oxygen atoms in total. The van der Waals surface area contributed by atoms with Crippen molar-refractivity contribution < 1.29 is 28.2 Å². The van der Waals surface area contributed by atoms with Gasteiger partial charge in [-0.1, -0.05) is 25.5 Å². The number of amides is 2. The lowest BCUT2D eigenvalue weighted by atomic mass is 10.0. The fourth-order valence-electron chi connectivity index (χ4n) is 3.39. The molecule has 3 rings (SSSR count). The van der Waals surface area contributed by atoms with Crippen molar-refractivity contribution in [1.29, 1.82) is 0 Å². The number of imide groups is 1. The van der Waals surface area contributed by atoms with Gasteiger partial charge in [-0.3, -0.25) is 14.5 Å². The highest BCUT2D eigenvalue weighted by Crippen LogP contribution is 2.41. The van der Waals surface area contributed by atoms with E-state index in [4.69, 9.17) is 14.2 Å². The van der Waals surface area contributed by atoms with Crippen LogP contribution in [0, 0.1) is 5.82 Å². The van der Waals surface area contributed by atoms with Crippen LogP contribution < -0.4 is 19.5 Å². The molecule has 31 heavy (non-hydrogen) atoms. The van der Waals surface area contributed by atoms with Crippen molar-refractivity contribution in [2.75, 3.05) is 33.2 Å². The molecule has 0 aliphatic carbocycles. The molecule has 2 aromatic rings. The summed E-state index contributed by atoms with van der Waals surface area (Å²) in [6.07, 6.45) is 1.52. The van der Waals surface area contributed by atoms with E-state index in [0.29, 0.717) is 41.5 Å². The van der Waals surface area contributed by atoms with E-state index in [0.717, 1.165) is 6.42 Å². The van der Waals surface area contributed by atoms with Crippen LogP contribution in [0.2, 0.25) is 0 Å². The quantitative estimate of drug-likeness (QED) is 0.612. The van der Waals surface area contributed by atoms with Gasteiger partial charge in [0.15, 0.2) is 11.5 Å². The summed E-state index contributed by atoms with van der Waals surface area (Å²) in [5, 5.41) is 3.05. The molecule has 0 spiro atoms. The number of carbonyl (C=O) groups is 2. The summed E-state index contributed by atoms with van der Waals surface area (Å²) >= 11 is 0. The fraction of sp³-hybridized carbons (Fsp3) is 0.304. The number of methoxy groups -OCH3 is 3. The molecule has 2 amide bonds. The summed E-state index contributed by atoms with van der Waals surface area (Å²) in [5.41, 5.74) is 1.23. The zero-order valence-corrected chi connectivity index (χ0v) is 18.0. The summed E-state index contributed by atoms with van der Waals surface area (Å²) in [6.45, 7) is 2.29. The third kappa shape index (κ3) is 4.33. The number of nitrogens with zero attached hydrogens (tertiary/aromatic N) is 1. The Kier molecular flexibility index (Phi) is 6.79. The number of hydrogen-bond donors (Lipinski definition) is 1. The lowest BCUT2D eigenvalue weighted by Crippen LogP contribution is -2.33. The van der Waals surface area contributed by atoms with Crippen molar-refractivity contribution in [1.82, 2.24) is 4.90 Å². The van der Waals surface area contributed by atoms with Crippen LogP contribution in [0.1, 0.15) is 25.3 Å². The second-order valence-electron chi connectivity index (χ2n) is 6.91. The first kappa shape index (κ1) is 22.1. The molecular formula is C23H25FN2O5. The summed E-state index contributed by atoms with van der Waals surface area (Å²) < 4.78 is 29.5. The van der Waals surface area contributed by atoms with E-state index in [1.807, 2.05) is 6.92 Å². The Bertz CT molecular complexity index is 992. The van der Waals surface area contributed by atoms with E-state index in [-0.39, 0.29) is 11.3 Å². The number of halogens is 1. The predicted octanol–water partition coefficient (Wildman–Crippen LogP) is 3.84. The molecule has 1 heterocycles. The molecule has 8 heteroatoms. The fourth-order valence-corrected chi connectivity index (χ4v) is 3.39. The minimum absolute atomic E-state index is 0.113. The van der Waals surface area contributed by atoms with Gasteiger partial charge >= 0.3 is 0 Å². The number of carbonyl (C=O) groups excluding carboxylic acids is 2. The molecule has 0 fully saturated rings. The minimum Gasteiger partial charge on any atom is -0.493 e. The van der Waals surface area contributed by atoms with Gasteiger partial charge in [0.2, 0.25) is 5.75 Å². The van der Waals surface area contributed by atoms with Crippen LogP contribution in [-0.2, 0) is 9.59 Å². The highest BCUT2D eigenvalue weighted by Gasteiger charge is 2.39. The summed E-state index contributed by atoms with van der Waals surface area (Å²) in [5.74, 6) is -0.0860. The Morgan fingerprint density at radius 1 is 0.935 bits per heavy atom. The first-order valence-electron chi connectivity index (χ1n) is 9.88. The molecule has 0 saturated heterocycles. The summed E-state index contributed by atoms with van der Waals surface area (Å²) in [7, 11) is 4.47. The molecule has 1 aliphatic heterocycles. The van der Waals surface area contributed by atoms with Crippen molar-refractivity contribution >= 4 is 23.1 Å². The maximum absolute atomic E-state index is 13.4. The van der Waals surface area contributed by atoms with Crippen molar-refractivity contribution in [3.8, 4) is 17.2 Å². The third-order valence-electron chi connectivity index (χ3n) is 4.97. The molecule has 0 saturated carbocycles. The predicted molar refractivity (Wildman–Crippen MR) is 115 cm³/mol. The van der Waals surface area contributed by atoms with E-state index >= 15 is 0 Å². The van der Waals surface area contributed by atoms with Crippen molar-refractivity contribution in [3.63, 3.8) is 0 Å². The number of unbranched alkanes of at least 4 members (excludes halogenated alkanes) is 1. The minimum atomic E-state index is -0.438. The first-order chi connectivity index (χ1) is 14.9. The molecule has 164 valence electrons. The van der Waals surface area contributed by atoms with Crippen LogP contribution in [0.15, 0.2) is 42.1 Å². The monoisotopic (exact) mass is 428 g/mol. The molecule has 0 bridgehead atoms. The van der Waals surface area contributed by atoms with Crippen molar-refractivity contribution in [2.24, 2.45) is 0 Å². The third-order valence-corrected chi connectivity index (χ3v) is 4.97. The van der Waals surface area contributed by atoms with Gasteiger partial charge in [0.25, 0.3) is 11.8 Å². The number of anilines is 1. The van der Waals surface area contributed by atoms with Crippen LogP contribution in [0.25, 0.3) is 5.57 Å². The van der Waals surface area contributed by atoms with Crippen LogP contribution in [0.4, 0.5) is 10.1 Å². The van der Waals surface area contributed by atoms with Crippen LogP contribution >= 0.6 is 0 Å². The van der Waals surface area contributed by atoms with E-state index < -0.39 is 17.6 Å². The molecule has 0 atom stereocenters. The highest BCUT2D eigenvalue weighted by molar-refractivity contribution is 6.36. The molecule has 1 N–H and O–H groups in total. The molecule has 1 aliphatic rings. The summed E-state index contributed by atoms with van der Waals surface area (Å²) in [6, 6.07) is 8.76. The van der Waals surface area contributed by atoms with Gasteiger partial charge < -0.3 is 19.5 Å². The lowest BCUT2D eigenvalue weighted by Gasteiger charge is -2.16. The summed E-state index contributed by atoms with van der Waals surface area (Å²) in [4.78, 5) is 27.4. The second kappa shape index (κ2) is 9.51. The zero-order valence-electron chi connectivity index (χ0n) is 18.0. The number of ether oxygens (including phenoxy) is 3. The van der Waals surface area contributed by atoms with Gasteiger partial charge in [0.05, 0.1) is 26.9 Å². The zero-order chi connectivity index (χ0) is 22.5. The smallest absolute Gasteiger partial charge is 0.278 e. The Hall–Kier alpha value is -3.55. The Morgan fingerprint density at radius 2 is 1.55 bits per heavy atom. The van der Waals surface area contributed by atoms with Gasteiger partial charge in [0, 0.05) is 24.4 Å². The topological polar surface area (TPSA) is 77.1 Å². The van der Waals surface area contributed by atoms with Gasteiger partial charge in [0.1, 0.15) is 11.5 Å². The first-order valence-corrected chi connectivity index (χ1v) is 9.88. The van der Waals surface area contributed by atoms with Gasteiger partial charge in [-0.2, -0.15) is 0 Å². The largest absolute Gasteiger partial charge is 0.493 e. The number of nitrogens with one attached hydrogen (secondary N) is 1. The van der Waals surface area contributed by atoms with Crippen LogP contribution in [-0.4, -0.2) is 44.6 Å². The molecule has 0 aromatic heterocycles. The highest BCUT2D eigenvalue weighted by atomic mass is 19.1. The molecule has 0 unspecified atom stereocenters. The SMILES string of the molecule is CCCCN1C(=O)C(Nc2cc(OC)c(OC)c(OC)c2)=C(c2ccc(F)cc2)C1=O. The van der Waals surface area contributed by atoms with Crippen molar-refractivity contribution in [2.45, 2.75) is 19.8 Å². The van der Waals surface area contributed by atoms with E-state index in [1.54, 1.807) is 12.1 Å². The van der Waals surface area contributed by atoms with E-state index in [9.17, 15) is 14.0 Å².